The summed E-state index contributed by atoms with van der Waals surface area (Å²) in [4.78, 5) is 5.28. The number of oxime groups is 1. The lowest BCUT2D eigenvalue weighted by Crippen LogP contribution is -2.37. The number of nitrogens with zero attached hydrogens (tertiary/aromatic N) is 1. The molecule has 29 heavy (non-hydrogen) atoms. The van der Waals surface area contributed by atoms with Gasteiger partial charge in [0.05, 0.1) is 30.9 Å². The second-order valence-electron chi connectivity index (χ2n) is 7.42. The van der Waals surface area contributed by atoms with Crippen LogP contribution < -0.4 is 0 Å². The maximum absolute atomic E-state index is 6.84. The Kier molecular flexibility index (Phi) is 4.88. The van der Waals surface area contributed by atoms with E-state index in [1.807, 2.05) is 18.2 Å². The number of hydrogen-bond donors (Lipinski definition) is 0. The molecular formula is C25H23NO3. The van der Waals surface area contributed by atoms with Gasteiger partial charge in [-0.25, -0.2) is 0 Å². The average Bonchev–Trinajstić information content (AvgIpc) is 3.41. The van der Waals surface area contributed by atoms with Gasteiger partial charge in [-0.1, -0.05) is 96.2 Å². The lowest BCUT2D eigenvalue weighted by Gasteiger charge is -2.37. The first-order valence-corrected chi connectivity index (χ1v) is 9.99. The summed E-state index contributed by atoms with van der Waals surface area (Å²) < 4.78 is 12.8. The van der Waals surface area contributed by atoms with Crippen molar-refractivity contribution in [3.63, 3.8) is 0 Å². The highest BCUT2D eigenvalue weighted by Gasteiger charge is 2.43. The first kappa shape index (κ1) is 18.1. The highest BCUT2D eigenvalue weighted by molar-refractivity contribution is 5.90. The van der Waals surface area contributed by atoms with Gasteiger partial charge in [0.15, 0.2) is 0 Å². The highest BCUT2D eigenvalue weighted by atomic mass is 16.6. The summed E-state index contributed by atoms with van der Waals surface area (Å²) in [6.45, 7) is 1.54. The number of fused-ring (bicyclic) bond motifs is 1. The predicted octanol–water partition coefficient (Wildman–Crippen LogP) is 4.40. The number of benzene rings is 3. The van der Waals surface area contributed by atoms with Crippen LogP contribution in [0.2, 0.25) is 0 Å². The third kappa shape index (κ3) is 3.24. The summed E-state index contributed by atoms with van der Waals surface area (Å²) in [5.74, 6) is 0.176. The molecule has 4 heteroatoms. The SMILES string of the molecule is c1ccc(C(OC[C@@H]2OCC3=NOC[C@H]32)(c2ccccc2)c2ccccc2)cc1. The first-order valence-electron chi connectivity index (χ1n) is 9.99. The molecule has 3 aromatic rings. The van der Waals surface area contributed by atoms with Crippen molar-refractivity contribution in [2.24, 2.45) is 11.1 Å². The van der Waals surface area contributed by atoms with E-state index < -0.39 is 5.60 Å². The first-order chi connectivity index (χ1) is 14.4. The normalized spacial score (nSPS) is 20.8. The van der Waals surface area contributed by atoms with Crippen molar-refractivity contribution in [3.8, 4) is 0 Å². The van der Waals surface area contributed by atoms with Crippen molar-refractivity contribution < 1.29 is 14.3 Å². The molecule has 0 bridgehead atoms. The fourth-order valence-electron chi connectivity index (χ4n) is 4.27. The van der Waals surface area contributed by atoms with Gasteiger partial charge in [-0.2, -0.15) is 0 Å². The van der Waals surface area contributed by atoms with Crippen molar-refractivity contribution >= 4 is 5.71 Å². The number of hydrogen-bond acceptors (Lipinski definition) is 4. The van der Waals surface area contributed by atoms with E-state index in [0.29, 0.717) is 19.8 Å². The molecule has 146 valence electrons. The molecule has 0 unspecified atom stereocenters. The van der Waals surface area contributed by atoms with E-state index in [1.165, 1.54) is 0 Å². The third-order valence-electron chi connectivity index (χ3n) is 5.76. The summed E-state index contributed by atoms with van der Waals surface area (Å²) in [5.41, 5.74) is 3.53. The van der Waals surface area contributed by atoms with E-state index in [-0.39, 0.29) is 12.0 Å². The minimum absolute atomic E-state index is 0.0632. The van der Waals surface area contributed by atoms with Crippen molar-refractivity contribution in [3.05, 3.63) is 108 Å². The van der Waals surface area contributed by atoms with Crippen LogP contribution in [0, 0.1) is 5.92 Å². The van der Waals surface area contributed by atoms with E-state index in [4.69, 9.17) is 14.3 Å². The second-order valence-corrected chi connectivity index (χ2v) is 7.42. The molecule has 0 radical (unpaired) electrons. The zero-order valence-electron chi connectivity index (χ0n) is 16.1. The molecule has 2 aliphatic rings. The minimum Gasteiger partial charge on any atom is -0.395 e. The summed E-state index contributed by atoms with van der Waals surface area (Å²) in [7, 11) is 0. The van der Waals surface area contributed by atoms with E-state index in [1.54, 1.807) is 0 Å². The van der Waals surface area contributed by atoms with Crippen molar-refractivity contribution in [2.75, 3.05) is 19.8 Å². The molecule has 0 amide bonds. The molecule has 2 heterocycles. The molecule has 0 N–H and O–H groups in total. The molecule has 2 atom stereocenters. The van der Waals surface area contributed by atoms with Crippen LogP contribution in [0.5, 0.6) is 0 Å². The van der Waals surface area contributed by atoms with E-state index in [0.717, 1.165) is 22.4 Å². The summed E-state index contributed by atoms with van der Waals surface area (Å²) in [6, 6.07) is 31.2. The maximum atomic E-state index is 6.84. The molecule has 0 spiro atoms. The zero-order chi connectivity index (χ0) is 19.5. The summed E-state index contributed by atoms with van der Waals surface area (Å²) in [5, 5.41) is 4.10. The Morgan fingerprint density at radius 3 is 1.83 bits per heavy atom. The fraction of sp³-hybridized carbons (Fsp3) is 0.240. The Balaban J connectivity index is 1.59. The summed E-state index contributed by atoms with van der Waals surface area (Å²) in [6.07, 6.45) is -0.0632. The Labute approximate surface area is 170 Å². The summed E-state index contributed by atoms with van der Waals surface area (Å²) >= 11 is 0. The van der Waals surface area contributed by atoms with Crippen LogP contribution in [0.3, 0.4) is 0 Å². The molecule has 4 nitrogen and oxygen atoms in total. The van der Waals surface area contributed by atoms with Crippen LogP contribution in [0.25, 0.3) is 0 Å². The standard InChI is InChI=1S/C25H23NO3/c1-4-10-19(11-5-1)25(20-12-6-2-7-13-20,21-14-8-3-9-15-21)28-18-24-22-16-29-26-23(22)17-27-24/h1-15,22,24H,16-18H2/t22-,24+/m1/s1. The van der Waals surface area contributed by atoms with Gasteiger partial charge >= 0.3 is 0 Å². The molecule has 0 saturated carbocycles. The lowest BCUT2D eigenvalue weighted by molar-refractivity contribution is -0.0623. The highest BCUT2D eigenvalue weighted by Crippen LogP contribution is 2.41. The maximum Gasteiger partial charge on any atom is 0.143 e. The predicted molar refractivity (Wildman–Crippen MR) is 112 cm³/mol. The van der Waals surface area contributed by atoms with E-state index in [2.05, 4.69) is 78.0 Å². The van der Waals surface area contributed by atoms with Gasteiger partial charge in [0.1, 0.15) is 12.2 Å². The van der Waals surface area contributed by atoms with Crippen molar-refractivity contribution in [2.45, 2.75) is 11.7 Å². The van der Waals surface area contributed by atoms with Crippen LogP contribution in [-0.4, -0.2) is 31.6 Å². The van der Waals surface area contributed by atoms with Crippen LogP contribution in [0.1, 0.15) is 16.7 Å². The van der Waals surface area contributed by atoms with Gasteiger partial charge in [-0.15, -0.1) is 0 Å². The molecular weight excluding hydrogens is 362 g/mol. The van der Waals surface area contributed by atoms with Gasteiger partial charge in [-0.3, -0.25) is 0 Å². The molecule has 5 rings (SSSR count). The van der Waals surface area contributed by atoms with E-state index in [9.17, 15) is 0 Å². The quantitative estimate of drug-likeness (QED) is 0.591. The van der Waals surface area contributed by atoms with Crippen LogP contribution in [0.4, 0.5) is 0 Å². The second kappa shape index (κ2) is 7.82. The minimum atomic E-state index is -0.730. The molecule has 0 aliphatic carbocycles. The van der Waals surface area contributed by atoms with Gasteiger partial charge < -0.3 is 14.3 Å². The van der Waals surface area contributed by atoms with Gasteiger partial charge in [0.25, 0.3) is 0 Å². The van der Waals surface area contributed by atoms with Crippen LogP contribution in [-0.2, 0) is 19.9 Å². The Morgan fingerprint density at radius 2 is 1.31 bits per heavy atom. The zero-order valence-corrected chi connectivity index (χ0v) is 16.1. The number of ether oxygens (including phenoxy) is 2. The smallest absolute Gasteiger partial charge is 0.143 e. The van der Waals surface area contributed by atoms with Gasteiger partial charge in [0.2, 0.25) is 0 Å². The molecule has 2 aliphatic heterocycles. The molecule has 1 saturated heterocycles. The molecule has 3 aromatic carbocycles. The monoisotopic (exact) mass is 385 g/mol. The molecule has 1 fully saturated rings. The largest absolute Gasteiger partial charge is 0.395 e. The Hall–Kier alpha value is -2.95. The Morgan fingerprint density at radius 1 is 0.793 bits per heavy atom. The number of rotatable bonds is 6. The topological polar surface area (TPSA) is 40.0 Å². The Bertz CT molecular complexity index is 876. The van der Waals surface area contributed by atoms with Crippen LogP contribution >= 0.6 is 0 Å². The van der Waals surface area contributed by atoms with Gasteiger partial charge in [0, 0.05) is 0 Å². The van der Waals surface area contributed by atoms with Crippen molar-refractivity contribution in [1.82, 2.24) is 0 Å². The van der Waals surface area contributed by atoms with Crippen molar-refractivity contribution in [1.29, 1.82) is 0 Å². The average molecular weight is 385 g/mol. The lowest BCUT2D eigenvalue weighted by atomic mass is 9.80. The van der Waals surface area contributed by atoms with Crippen LogP contribution in [0.15, 0.2) is 96.2 Å². The molecule has 0 aromatic heterocycles. The fourth-order valence-corrected chi connectivity index (χ4v) is 4.27. The van der Waals surface area contributed by atoms with E-state index >= 15 is 0 Å². The van der Waals surface area contributed by atoms with Gasteiger partial charge in [-0.05, 0) is 16.7 Å². The third-order valence-corrected chi connectivity index (χ3v) is 5.76.